The Morgan fingerprint density at radius 2 is 1.54 bits per heavy atom. The Morgan fingerprint density at radius 1 is 0.857 bits per heavy atom. The van der Waals surface area contributed by atoms with Gasteiger partial charge in [0, 0.05) is 28.8 Å². The van der Waals surface area contributed by atoms with Gasteiger partial charge in [-0.05, 0) is 57.2 Å². The molecule has 0 fully saturated rings. The fourth-order valence-corrected chi connectivity index (χ4v) is 3.75. The molecule has 8 nitrogen and oxygen atoms in total. The van der Waals surface area contributed by atoms with E-state index in [1.165, 1.54) is 17.4 Å². The molecule has 35 heavy (non-hydrogen) atoms. The smallest absolute Gasteiger partial charge is 0.257 e. The minimum atomic E-state index is -0.348. The van der Waals surface area contributed by atoms with E-state index in [1.807, 2.05) is 44.4 Å². The van der Waals surface area contributed by atoms with Gasteiger partial charge in [0.15, 0.2) is 5.13 Å². The van der Waals surface area contributed by atoms with Crippen molar-refractivity contribution in [3.05, 3.63) is 88.9 Å². The van der Waals surface area contributed by atoms with E-state index in [4.69, 9.17) is 9.47 Å². The topological polar surface area (TPSA) is 102 Å². The Balaban J connectivity index is 1.49. The summed E-state index contributed by atoms with van der Waals surface area (Å²) in [5.41, 5.74) is 2.34. The van der Waals surface area contributed by atoms with E-state index in [1.54, 1.807) is 42.5 Å². The van der Waals surface area contributed by atoms with Crippen molar-refractivity contribution in [3.63, 3.8) is 0 Å². The van der Waals surface area contributed by atoms with Gasteiger partial charge in [-0.2, -0.15) is 4.98 Å². The zero-order valence-electron chi connectivity index (χ0n) is 19.4. The molecule has 0 saturated carbocycles. The van der Waals surface area contributed by atoms with Crippen LogP contribution in [-0.2, 0) is 0 Å². The number of amides is 2. The van der Waals surface area contributed by atoms with Crippen molar-refractivity contribution in [1.82, 2.24) is 9.97 Å². The summed E-state index contributed by atoms with van der Waals surface area (Å²) in [6, 6.07) is 18.9. The lowest BCUT2D eigenvalue weighted by Gasteiger charge is -2.13. The third kappa shape index (κ3) is 6.64. The zero-order valence-corrected chi connectivity index (χ0v) is 20.3. The van der Waals surface area contributed by atoms with E-state index in [-0.39, 0.29) is 29.7 Å². The normalized spacial score (nSPS) is 10.6. The summed E-state index contributed by atoms with van der Waals surface area (Å²) in [4.78, 5) is 33.8. The molecule has 4 rings (SSSR count). The molecule has 0 spiro atoms. The van der Waals surface area contributed by atoms with E-state index in [0.29, 0.717) is 27.7 Å². The largest absolute Gasteiger partial charge is 0.475 e. The number of nitrogens with zero attached hydrogens (tertiary/aromatic N) is 2. The standard InChI is InChI=1S/C26H24N4O4S/c1-16(2)33-22-13-19(25(32)30-26-27-17(3)15-35-26)14-23(29-22)34-21-11-9-20(10-12-21)28-24(31)18-7-5-4-6-8-18/h4-16H,1-3H3,(H,28,31)(H,27,30,32). The highest BCUT2D eigenvalue weighted by atomic mass is 32.1. The lowest BCUT2D eigenvalue weighted by molar-refractivity contribution is 0.101. The third-order valence-electron chi connectivity index (χ3n) is 4.61. The van der Waals surface area contributed by atoms with Crippen LogP contribution in [0.1, 0.15) is 40.3 Å². The summed E-state index contributed by atoms with van der Waals surface area (Å²) in [5, 5.41) is 7.98. The maximum Gasteiger partial charge on any atom is 0.257 e. The van der Waals surface area contributed by atoms with Gasteiger partial charge in [-0.1, -0.05) is 18.2 Å². The second-order valence-corrected chi connectivity index (χ2v) is 8.75. The minimum Gasteiger partial charge on any atom is -0.475 e. The van der Waals surface area contributed by atoms with Crippen molar-refractivity contribution in [2.24, 2.45) is 0 Å². The molecule has 0 unspecified atom stereocenters. The SMILES string of the molecule is Cc1csc(NC(=O)c2cc(Oc3ccc(NC(=O)c4ccccc4)cc3)nc(OC(C)C)c2)n1. The van der Waals surface area contributed by atoms with E-state index >= 15 is 0 Å². The van der Waals surface area contributed by atoms with Gasteiger partial charge in [-0.25, -0.2) is 4.98 Å². The van der Waals surface area contributed by atoms with Gasteiger partial charge in [0.1, 0.15) is 5.75 Å². The molecular formula is C26H24N4O4S. The lowest BCUT2D eigenvalue weighted by atomic mass is 10.2. The van der Waals surface area contributed by atoms with Gasteiger partial charge in [-0.3, -0.25) is 14.9 Å². The molecule has 2 heterocycles. The number of carbonyl (C=O) groups excluding carboxylic acids is 2. The van der Waals surface area contributed by atoms with E-state index in [0.717, 1.165) is 5.69 Å². The van der Waals surface area contributed by atoms with Crippen molar-refractivity contribution in [3.8, 4) is 17.5 Å². The summed E-state index contributed by atoms with van der Waals surface area (Å²) in [7, 11) is 0. The Hall–Kier alpha value is -4.24. The molecule has 0 saturated heterocycles. The van der Waals surface area contributed by atoms with Crippen LogP contribution in [0.2, 0.25) is 0 Å². The van der Waals surface area contributed by atoms with Gasteiger partial charge >= 0.3 is 0 Å². The van der Waals surface area contributed by atoms with Gasteiger partial charge in [0.25, 0.3) is 11.8 Å². The average Bonchev–Trinajstić information content (AvgIpc) is 3.24. The maximum atomic E-state index is 12.8. The fourth-order valence-electron chi connectivity index (χ4n) is 3.07. The summed E-state index contributed by atoms with van der Waals surface area (Å²) in [5.74, 6) is 0.401. The molecule has 2 N–H and O–H groups in total. The van der Waals surface area contributed by atoms with Gasteiger partial charge in [0.2, 0.25) is 11.8 Å². The number of ether oxygens (including phenoxy) is 2. The lowest BCUT2D eigenvalue weighted by Crippen LogP contribution is -2.14. The number of aryl methyl sites for hydroxylation is 1. The predicted molar refractivity (Wildman–Crippen MR) is 136 cm³/mol. The summed E-state index contributed by atoms with van der Waals surface area (Å²) < 4.78 is 11.6. The first-order valence-corrected chi connectivity index (χ1v) is 11.8. The molecular weight excluding hydrogens is 464 g/mol. The zero-order chi connectivity index (χ0) is 24.8. The molecule has 2 aromatic carbocycles. The van der Waals surface area contributed by atoms with Gasteiger partial charge in [-0.15, -0.1) is 11.3 Å². The second kappa shape index (κ2) is 10.8. The van der Waals surface area contributed by atoms with Crippen molar-refractivity contribution < 1.29 is 19.1 Å². The van der Waals surface area contributed by atoms with Crippen LogP contribution in [0.5, 0.6) is 17.5 Å². The molecule has 178 valence electrons. The summed E-state index contributed by atoms with van der Waals surface area (Å²) in [6.45, 7) is 5.60. The van der Waals surface area contributed by atoms with Crippen LogP contribution < -0.4 is 20.1 Å². The molecule has 0 bridgehead atoms. The van der Waals surface area contributed by atoms with E-state index in [2.05, 4.69) is 20.6 Å². The Kier molecular flexibility index (Phi) is 7.37. The highest BCUT2D eigenvalue weighted by Crippen LogP contribution is 2.26. The number of rotatable bonds is 8. The first kappa shape index (κ1) is 23.9. The Morgan fingerprint density at radius 3 is 2.20 bits per heavy atom. The summed E-state index contributed by atoms with van der Waals surface area (Å²) >= 11 is 1.35. The highest BCUT2D eigenvalue weighted by molar-refractivity contribution is 7.13. The maximum absolute atomic E-state index is 12.8. The molecule has 0 aliphatic rings. The van der Waals surface area contributed by atoms with E-state index in [9.17, 15) is 9.59 Å². The molecule has 4 aromatic rings. The molecule has 0 radical (unpaired) electrons. The van der Waals surface area contributed by atoms with Crippen LogP contribution in [-0.4, -0.2) is 27.9 Å². The molecule has 2 amide bonds. The number of anilines is 2. The first-order chi connectivity index (χ1) is 16.9. The van der Waals surface area contributed by atoms with Crippen molar-refractivity contribution in [1.29, 1.82) is 0 Å². The molecule has 9 heteroatoms. The predicted octanol–water partition coefficient (Wildman–Crippen LogP) is 5.93. The molecule has 2 aromatic heterocycles. The number of hydrogen-bond acceptors (Lipinski definition) is 7. The summed E-state index contributed by atoms with van der Waals surface area (Å²) in [6.07, 6.45) is -0.136. The average molecular weight is 489 g/mol. The number of hydrogen-bond donors (Lipinski definition) is 2. The number of carbonyl (C=O) groups is 2. The molecule has 0 aliphatic heterocycles. The third-order valence-corrected chi connectivity index (χ3v) is 5.48. The van der Waals surface area contributed by atoms with Crippen LogP contribution in [0.3, 0.4) is 0 Å². The number of pyridine rings is 1. The minimum absolute atomic E-state index is 0.136. The quantitative estimate of drug-likeness (QED) is 0.319. The fraction of sp³-hybridized carbons (Fsp3) is 0.154. The number of thiazole rings is 1. The highest BCUT2D eigenvalue weighted by Gasteiger charge is 2.15. The molecule has 0 aliphatic carbocycles. The molecule has 0 atom stereocenters. The number of nitrogens with one attached hydrogen (secondary N) is 2. The van der Waals surface area contributed by atoms with Crippen LogP contribution in [0.15, 0.2) is 72.1 Å². The Labute approximate surface area is 207 Å². The van der Waals surface area contributed by atoms with Crippen molar-refractivity contribution >= 4 is 34.0 Å². The van der Waals surface area contributed by atoms with Crippen LogP contribution in [0.4, 0.5) is 10.8 Å². The van der Waals surface area contributed by atoms with E-state index < -0.39 is 0 Å². The number of benzene rings is 2. The van der Waals surface area contributed by atoms with Crippen molar-refractivity contribution in [2.45, 2.75) is 26.9 Å². The van der Waals surface area contributed by atoms with Crippen molar-refractivity contribution in [2.75, 3.05) is 10.6 Å². The van der Waals surface area contributed by atoms with Gasteiger partial charge < -0.3 is 14.8 Å². The van der Waals surface area contributed by atoms with Crippen LogP contribution in [0, 0.1) is 6.92 Å². The van der Waals surface area contributed by atoms with Crippen LogP contribution in [0.25, 0.3) is 0 Å². The first-order valence-electron chi connectivity index (χ1n) is 10.9. The monoisotopic (exact) mass is 488 g/mol. The van der Waals surface area contributed by atoms with Gasteiger partial charge in [0.05, 0.1) is 17.4 Å². The van der Waals surface area contributed by atoms with Crippen LogP contribution >= 0.6 is 11.3 Å². The Bertz CT molecular complexity index is 1320. The second-order valence-electron chi connectivity index (χ2n) is 7.89. The number of aromatic nitrogens is 2.